The van der Waals surface area contributed by atoms with Gasteiger partial charge in [0.1, 0.15) is 0 Å². The molecule has 5 rings (SSSR count). The Kier molecular flexibility index (Phi) is 3.96. The molecule has 6 nitrogen and oxygen atoms in total. The van der Waals surface area contributed by atoms with Crippen LogP contribution in [-0.4, -0.2) is 19.1 Å². The summed E-state index contributed by atoms with van der Waals surface area (Å²) in [5.41, 5.74) is 3.41. The summed E-state index contributed by atoms with van der Waals surface area (Å²) in [5, 5.41) is 15.0. The second-order valence-electron chi connectivity index (χ2n) is 8.17. The number of anilines is 1. The molecule has 2 fully saturated rings. The molecule has 2 aromatic rings. The Bertz CT molecular complexity index is 944. The van der Waals surface area contributed by atoms with Crippen LogP contribution in [0.5, 0.6) is 11.5 Å². The Labute approximate surface area is 164 Å². The van der Waals surface area contributed by atoms with Gasteiger partial charge in [0.25, 0.3) is 5.69 Å². The van der Waals surface area contributed by atoms with E-state index in [0.29, 0.717) is 23.7 Å². The first-order valence-electron chi connectivity index (χ1n) is 9.88. The highest BCUT2D eigenvalue weighted by molar-refractivity contribution is 5.63. The van der Waals surface area contributed by atoms with Gasteiger partial charge in [0.05, 0.1) is 25.2 Å². The maximum atomic E-state index is 11.3. The predicted octanol–water partition coefficient (Wildman–Crippen LogP) is 4.91. The lowest BCUT2D eigenvalue weighted by Gasteiger charge is -2.43. The lowest BCUT2D eigenvalue weighted by molar-refractivity contribution is -0.384. The number of para-hydroxylation sites is 1. The molecule has 5 atom stereocenters. The van der Waals surface area contributed by atoms with E-state index in [1.54, 1.807) is 26.4 Å². The third-order valence-corrected chi connectivity index (χ3v) is 7.05. The highest BCUT2D eigenvalue weighted by atomic mass is 16.6. The van der Waals surface area contributed by atoms with Crippen LogP contribution in [0.15, 0.2) is 36.4 Å². The fraction of sp³-hybridized carbons (Fsp3) is 0.455. The minimum Gasteiger partial charge on any atom is -0.493 e. The zero-order valence-electron chi connectivity index (χ0n) is 16.1. The zero-order valence-corrected chi connectivity index (χ0v) is 16.1. The SMILES string of the molecule is COc1cccc([C@@H]2Nc3ccc([N+](=O)[O-])cc3[C@H]3[C@H]4CC[C@@H](C4)[C@@H]32)c1OC. The highest BCUT2D eigenvalue weighted by Crippen LogP contribution is 2.64. The Balaban J connectivity index is 1.65. The summed E-state index contributed by atoms with van der Waals surface area (Å²) >= 11 is 0. The van der Waals surface area contributed by atoms with Gasteiger partial charge in [0.2, 0.25) is 0 Å². The Hall–Kier alpha value is -2.76. The second kappa shape index (κ2) is 6.40. The average molecular weight is 380 g/mol. The van der Waals surface area contributed by atoms with E-state index in [0.717, 1.165) is 28.3 Å². The van der Waals surface area contributed by atoms with Crippen molar-refractivity contribution < 1.29 is 14.4 Å². The molecule has 6 heteroatoms. The van der Waals surface area contributed by atoms with Gasteiger partial charge in [0, 0.05) is 23.4 Å². The van der Waals surface area contributed by atoms with Crippen LogP contribution in [0.4, 0.5) is 11.4 Å². The van der Waals surface area contributed by atoms with Gasteiger partial charge in [-0.3, -0.25) is 10.1 Å². The van der Waals surface area contributed by atoms with E-state index in [1.165, 1.54) is 19.3 Å². The van der Waals surface area contributed by atoms with Crippen molar-refractivity contribution in [3.63, 3.8) is 0 Å². The van der Waals surface area contributed by atoms with Crippen LogP contribution in [0, 0.1) is 27.9 Å². The molecular formula is C22H24N2O4. The van der Waals surface area contributed by atoms with Crippen molar-refractivity contribution in [3.8, 4) is 11.5 Å². The number of rotatable bonds is 4. The molecule has 0 aromatic heterocycles. The fourth-order valence-corrected chi connectivity index (χ4v) is 6.05. The van der Waals surface area contributed by atoms with E-state index in [-0.39, 0.29) is 16.7 Å². The molecule has 3 aliphatic rings. The molecule has 0 spiro atoms. The third-order valence-electron chi connectivity index (χ3n) is 7.05. The topological polar surface area (TPSA) is 73.6 Å². The number of fused-ring (bicyclic) bond motifs is 7. The van der Waals surface area contributed by atoms with Crippen molar-refractivity contribution in [1.29, 1.82) is 0 Å². The molecule has 1 aliphatic heterocycles. The Morgan fingerprint density at radius 2 is 1.89 bits per heavy atom. The number of nitrogens with one attached hydrogen (secondary N) is 1. The maximum Gasteiger partial charge on any atom is 0.269 e. The second-order valence-corrected chi connectivity index (χ2v) is 8.17. The fourth-order valence-electron chi connectivity index (χ4n) is 6.05. The molecule has 0 unspecified atom stereocenters. The van der Waals surface area contributed by atoms with Gasteiger partial charge in [-0.1, -0.05) is 12.1 Å². The van der Waals surface area contributed by atoms with Crippen molar-refractivity contribution in [2.45, 2.75) is 31.2 Å². The summed E-state index contributed by atoms with van der Waals surface area (Å²) in [7, 11) is 3.34. The van der Waals surface area contributed by atoms with Gasteiger partial charge in [-0.15, -0.1) is 0 Å². The standard InChI is InChI=1S/C22H24N2O4/c1-27-18-5-3-4-15(22(18)28-2)21-20-13-7-6-12(10-13)19(20)16-11-14(24(25)26)8-9-17(16)23-21/h3-5,8-9,11-13,19-21,23H,6-7,10H2,1-2H3/t12-,13-,19+,20-,21-/m0/s1. The van der Waals surface area contributed by atoms with Gasteiger partial charge in [0.15, 0.2) is 11.5 Å². The van der Waals surface area contributed by atoms with Gasteiger partial charge < -0.3 is 14.8 Å². The predicted molar refractivity (Wildman–Crippen MR) is 106 cm³/mol. The number of nitrogens with zero attached hydrogens (tertiary/aromatic N) is 1. The van der Waals surface area contributed by atoms with E-state index in [4.69, 9.17) is 9.47 Å². The largest absolute Gasteiger partial charge is 0.493 e. The van der Waals surface area contributed by atoms with Crippen LogP contribution in [-0.2, 0) is 0 Å². The molecule has 2 aliphatic carbocycles. The number of benzene rings is 2. The van der Waals surface area contributed by atoms with Crippen LogP contribution >= 0.6 is 0 Å². The number of ether oxygens (including phenoxy) is 2. The first-order chi connectivity index (χ1) is 13.6. The maximum absolute atomic E-state index is 11.3. The summed E-state index contributed by atoms with van der Waals surface area (Å²) in [5.74, 6) is 3.52. The Morgan fingerprint density at radius 3 is 2.64 bits per heavy atom. The van der Waals surface area contributed by atoms with Gasteiger partial charge >= 0.3 is 0 Å². The number of non-ortho nitro benzene ring substituents is 1. The lowest BCUT2D eigenvalue weighted by atomic mass is 9.68. The number of hydrogen-bond acceptors (Lipinski definition) is 5. The molecule has 2 saturated carbocycles. The molecule has 0 saturated heterocycles. The van der Waals surface area contributed by atoms with Gasteiger partial charge in [-0.25, -0.2) is 0 Å². The van der Waals surface area contributed by atoms with Crippen molar-refractivity contribution in [2.24, 2.45) is 17.8 Å². The van der Waals surface area contributed by atoms with E-state index in [2.05, 4.69) is 11.4 Å². The van der Waals surface area contributed by atoms with Crippen molar-refractivity contribution >= 4 is 11.4 Å². The van der Waals surface area contributed by atoms with Gasteiger partial charge in [-0.2, -0.15) is 0 Å². The van der Waals surface area contributed by atoms with E-state index < -0.39 is 0 Å². The van der Waals surface area contributed by atoms with Crippen LogP contribution in [0.3, 0.4) is 0 Å². The molecule has 146 valence electrons. The smallest absolute Gasteiger partial charge is 0.269 e. The Morgan fingerprint density at radius 1 is 1.07 bits per heavy atom. The number of nitro benzene ring substituents is 1. The summed E-state index contributed by atoms with van der Waals surface area (Å²) < 4.78 is 11.3. The number of hydrogen-bond donors (Lipinski definition) is 1. The molecule has 28 heavy (non-hydrogen) atoms. The van der Waals surface area contributed by atoms with Gasteiger partial charge in [-0.05, 0) is 60.6 Å². The number of methoxy groups -OCH3 is 2. The summed E-state index contributed by atoms with van der Waals surface area (Å²) in [6.45, 7) is 0. The molecule has 2 bridgehead atoms. The van der Waals surface area contributed by atoms with Crippen LogP contribution in [0.1, 0.15) is 42.3 Å². The molecule has 0 amide bonds. The highest BCUT2D eigenvalue weighted by Gasteiger charge is 2.54. The normalized spacial score (nSPS) is 29.6. The zero-order chi connectivity index (χ0) is 19.4. The number of nitro groups is 1. The molecule has 1 N–H and O–H groups in total. The molecule has 1 heterocycles. The first-order valence-corrected chi connectivity index (χ1v) is 9.88. The van der Waals surface area contributed by atoms with E-state index >= 15 is 0 Å². The van der Waals surface area contributed by atoms with Crippen LogP contribution in [0.25, 0.3) is 0 Å². The minimum absolute atomic E-state index is 0.110. The monoisotopic (exact) mass is 380 g/mol. The van der Waals surface area contributed by atoms with E-state index in [1.807, 2.05) is 18.2 Å². The van der Waals surface area contributed by atoms with Crippen molar-refractivity contribution in [1.82, 2.24) is 0 Å². The van der Waals surface area contributed by atoms with E-state index in [9.17, 15) is 10.1 Å². The summed E-state index contributed by atoms with van der Waals surface area (Å²) in [6, 6.07) is 11.4. The van der Waals surface area contributed by atoms with Crippen molar-refractivity contribution in [3.05, 3.63) is 57.6 Å². The molecule has 2 aromatic carbocycles. The average Bonchev–Trinajstić information content (AvgIpc) is 3.34. The first kappa shape index (κ1) is 17.3. The lowest BCUT2D eigenvalue weighted by Crippen LogP contribution is -2.35. The minimum atomic E-state index is -0.292. The van der Waals surface area contributed by atoms with Crippen LogP contribution < -0.4 is 14.8 Å². The van der Waals surface area contributed by atoms with Crippen LogP contribution in [0.2, 0.25) is 0 Å². The summed E-state index contributed by atoms with van der Waals surface area (Å²) in [4.78, 5) is 11.0. The molecule has 0 radical (unpaired) electrons. The molecular weight excluding hydrogens is 356 g/mol. The van der Waals surface area contributed by atoms with Crippen molar-refractivity contribution in [2.75, 3.05) is 19.5 Å². The third kappa shape index (κ3) is 2.40. The quantitative estimate of drug-likeness (QED) is 0.603. The summed E-state index contributed by atoms with van der Waals surface area (Å²) in [6.07, 6.45) is 3.67.